The highest BCUT2D eigenvalue weighted by molar-refractivity contribution is 5.78. The Morgan fingerprint density at radius 3 is 3.06 bits per heavy atom. The molecule has 0 unspecified atom stereocenters. The van der Waals surface area contributed by atoms with Crippen LogP contribution < -0.4 is 4.74 Å². The van der Waals surface area contributed by atoms with Crippen LogP contribution >= 0.6 is 0 Å². The molecule has 0 spiro atoms. The fraction of sp³-hybridized carbons (Fsp3) is 0.385. The lowest BCUT2D eigenvalue weighted by Crippen LogP contribution is -2.40. The molecule has 0 N–H and O–H groups in total. The molecular formula is C13H14N2O3. The topological polar surface area (TPSA) is 62.6 Å². The lowest BCUT2D eigenvalue weighted by Gasteiger charge is -2.26. The zero-order chi connectivity index (χ0) is 13.0. The van der Waals surface area contributed by atoms with Gasteiger partial charge in [0.05, 0.1) is 19.3 Å². The summed E-state index contributed by atoms with van der Waals surface area (Å²) in [6, 6.07) is 7.40. The van der Waals surface area contributed by atoms with E-state index in [-0.39, 0.29) is 12.5 Å². The van der Waals surface area contributed by atoms with Crippen LogP contribution in [-0.2, 0) is 16.1 Å². The second kappa shape index (κ2) is 5.52. The van der Waals surface area contributed by atoms with E-state index < -0.39 is 0 Å². The molecule has 1 aromatic rings. The SMILES string of the molecule is COc1cc(CN2CCOCC2=O)ccc1C#N. The summed E-state index contributed by atoms with van der Waals surface area (Å²) in [4.78, 5) is 13.3. The van der Waals surface area contributed by atoms with Gasteiger partial charge in [-0.1, -0.05) is 6.07 Å². The maximum Gasteiger partial charge on any atom is 0.248 e. The number of carbonyl (C=O) groups excluding carboxylic acids is 1. The first-order chi connectivity index (χ1) is 8.74. The van der Waals surface area contributed by atoms with Gasteiger partial charge < -0.3 is 14.4 Å². The molecule has 0 saturated carbocycles. The average Bonchev–Trinajstić information content (AvgIpc) is 2.41. The molecule has 1 heterocycles. The number of carbonyl (C=O) groups is 1. The van der Waals surface area contributed by atoms with E-state index in [4.69, 9.17) is 14.7 Å². The van der Waals surface area contributed by atoms with Crippen LogP contribution in [0.2, 0.25) is 0 Å². The zero-order valence-electron chi connectivity index (χ0n) is 10.2. The van der Waals surface area contributed by atoms with E-state index in [1.54, 1.807) is 17.0 Å². The fourth-order valence-electron chi connectivity index (χ4n) is 1.86. The van der Waals surface area contributed by atoms with Gasteiger partial charge in [-0.15, -0.1) is 0 Å². The molecule has 0 aromatic heterocycles. The molecule has 0 atom stereocenters. The van der Waals surface area contributed by atoms with Crippen LogP contribution in [0.5, 0.6) is 5.75 Å². The predicted molar refractivity (Wildman–Crippen MR) is 63.9 cm³/mol. The summed E-state index contributed by atoms with van der Waals surface area (Å²) in [6.07, 6.45) is 0. The molecule has 0 aliphatic carbocycles. The molecule has 1 aromatic carbocycles. The van der Waals surface area contributed by atoms with Gasteiger partial charge in [-0.25, -0.2) is 0 Å². The first-order valence-electron chi connectivity index (χ1n) is 5.67. The van der Waals surface area contributed by atoms with Crippen LogP contribution in [0, 0.1) is 11.3 Å². The van der Waals surface area contributed by atoms with Crippen molar-refractivity contribution in [1.29, 1.82) is 5.26 Å². The van der Waals surface area contributed by atoms with Crippen molar-refractivity contribution in [3.05, 3.63) is 29.3 Å². The van der Waals surface area contributed by atoms with Gasteiger partial charge in [0.1, 0.15) is 18.4 Å². The Kier molecular flexibility index (Phi) is 3.80. The first kappa shape index (κ1) is 12.4. The van der Waals surface area contributed by atoms with Gasteiger partial charge in [0.2, 0.25) is 5.91 Å². The Morgan fingerprint density at radius 1 is 1.56 bits per heavy atom. The summed E-state index contributed by atoms with van der Waals surface area (Å²) in [6.45, 7) is 1.83. The molecule has 2 rings (SSSR count). The summed E-state index contributed by atoms with van der Waals surface area (Å²) in [5.74, 6) is 0.528. The Labute approximate surface area is 106 Å². The molecule has 1 fully saturated rings. The molecule has 1 saturated heterocycles. The summed E-state index contributed by atoms with van der Waals surface area (Å²) < 4.78 is 10.2. The fourth-order valence-corrected chi connectivity index (χ4v) is 1.86. The molecule has 94 valence electrons. The van der Waals surface area contributed by atoms with Gasteiger partial charge >= 0.3 is 0 Å². The van der Waals surface area contributed by atoms with Crippen LogP contribution in [0.3, 0.4) is 0 Å². The highest BCUT2D eigenvalue weighted by Crippen LogP contribution is 2.20. The lowest BCUT2D eigenvalue weighted by atomic mass is 10.1. The summed E-state index contributed by atoms with van der Waals surface area (Å²) in [7, 11) is 1.53. The molecule has 1 amide bonds. The zero-order valence-corrected chi connectivity index (χ0v) is 10.2. The highest BCUT2D eigenvalue weighted by Gasteiger charge is 2.18. The monoisotopic (exact) mass is 246 g/mol. The van der Waals surface area contributed by atoms with Crippen LogP contribution in [-0.4, -0.2) is 37.7 Å². The number of nitrogens with zero attached hydrogens (tertiary/aromatic N) is 2. The second-order valence-electron chi connectivity index (χ2n) is 4.01. The Hall–Kier alpha value is -2.06. The lowest BCUT2D eigenvalue weighted by molar-refractivity contribution is -0.143. The number of amides is 1. The minimum atomic E-state index is -0.00965. The number of rotatable bonds is 3. The number of hydrogen-bond acceptors (Lipinski definition) is 4. The normalized spacial score (nSPS) is 15.3. The van der Waals surface area contributed by atoms with Crippen molar-refractivity contribution in [3.8, 4) is 11.8 Å². The minimum Gasteiger partial charge on any atom is -0.495 e. The number of nitriles is 1. The second-order valence-corrected chi connectivity index (χ2v) is 4.01. The van der Waals surface area contributed by atoms with Gasteiger partial charge in [0, 0.05) is 13.1 Å². The molecule has 0 bridgehead atoms. The van der Waals surface area contributed by atoms with Crippen LogP contribution in [0.4, 0.5) is 0 Å². The molecule has 5 heteroatoms. The van der Waals surface area contributed by atoms with Crippen LogP contribution in [0.15, 0.2) is 18.2 Å². The van der Waals surface area contributed by atoms with E-state index in [0.717, 1.165) is 5.56 Å². The summed E-state index contributed by atoms with van der Waals surface area (Å²) >= 11 is 0. The Bertz CT molecular complexity index is 493. The maximum absolute atomic E-state index is 11.6. The third-order valence-electron chi connectivity index (χ3n) is 2.84. The van der Waals surface area contributed by atoms with Crippen molar-refractivity contribution in [2.45, 2.75) is 6.54 Å². The van der Waals surface area contributed by atoms with Crippen molar-refractivity contribution in [1.82, 2.24) is 4.90 Å². The number of methoxy groups -OCH3 is 1. The van der Waals surface area contributed by atoms with E-state index in [0.29, 0.717) is 31.0 Å². The summed E-state index contributed by atoms with van der Waals surface area (Å²) in [5.41, 5.74) is 1.44. The van der Waals surface area contributed by atoms with Gasteiger partial charge in [0.25, 0.3) is 0 Å². The number of benzene rings is 1. The predicted octanol–water partition coefficient (Wildman–Crippen LogP) is 0.926. The van der Waals surface area contributed by atoms with E-state index in [1.807, 2.05) is 6.07 Å². The van der Waals surface area contributed by atoms with Crippen molar-refractivity contribution in [2.75, 3.05) is 26.9 Å². The molecule has 1 aliphatic heterocycles. The van der Waals surface area contributed by atoms with Gasteiger partial charge in [-0.05, 0) is 17.7 Å². The van der Waals surface area contributed by atoms with Gasteiger partial charge in [-0.2, -0.15) is 5.26 Å². The Balaban J connectivity index is 2.14. The van der Waals surface area contributed by atoms with Gasteiger partial charge in [-0.3, -0.25) is 4.79 Å². The van der Waals surface area contributed by atoms with Crippen molar-refractivity contribution < 1.29 is 14.3 Å². The molecular weight excluding hydrogens is 232 g/mol. The quantitative estimate of drug-likeness (QED) is 0.795. The summed E-state index contributed by atoms with van der Waals surface area (Å²) in [5, 5.41) is 8.89. The highest BCUT2D eigenvalue weighted by atomic mass is 16.5. The number of hydrogen-bond donors (Lipinski definition) is 0. The van der Waals surface area contributed by atoms with E-state index in [2.05, 4.69) is 6.07 Å². The van der Waals surface area contributed by atoms with Crippen molar-refractivity contribution in [2.24, 2.45) is 0 Å². The standard InChI is InChI=1S/C13H14N2O3/c1-17-12-6-10(2-3-11(12)7-14)8-15-4-5-18-9-13(15)16/h2-3,6H,4-5,8-9H2,1H3. The van der Waals surface area contributed by atoms with Crippen LogP contribution in [0.25, 0.3) is 0 Å². The van der Waals surface area contributed by atoms with E-state index in [1.165, 1.54) is 7.11 Å². The molecule has 5 nitrogen and oxygen atoms in total. The van der Waals surface area contributed by atoms with Crippen LogP contribution in [0.1, 0.15) is 11.1 Å². The smallest absolute Gasteiger partial charge is 0.248 e. The van der Waals surface area contributed by atoms with Gasteiger partial charge in [0.15, 0.2) is 0 Å². The van der Waals surface area contributed by atoms with E-state index in [9.17, 15) is 4.79 Å². The number of ether oxygens (including phenoxy) is 2. The Morgan fingerprint density at radius 2 is 2.39 bits per heavy atom. The molecule has 1 aliphatic rings. The third-order valence-corrected chi connectivity index (χ3v) is 2.84. The van der Waals surface area contributed by atoms with E-state index >= 15 is 0 Å². The average molecular weight is 246 g/mol. The maximum atomic E-state index is 11.6. The third kappa shape index (κ3) is 2.60. The van der Waals surface area contributed by atoms with Crippen molar-refractivity contribution >= 4 is 5.91 Å². The minimum absolute atomic E-state index is 0.00965. The number of morpholine rings is 1. The molecule has 18 heavy (non-hydrogen) atoms. The van der Waals surface area contributed by atoms with Crippen molar-refractivity contribution in [3.63, 3.8) is 0 Å². The first-order valence-corrected chi connectivity index (χ1v) is 5.67. The largest absolute Gasteiger partial charge is 0.495 e. The molecule has 0 radical (unpaired) electrons.